The Morgan fingerprint density at radius 3 is 2.66 bits per heavy atom. The average Bonchev–Trinajstić information content (AvgIpc) is 2.78. The normalized spacial score (nSPS) is 22.1. The highest BCUT2D eigenvalue weighted by molar-refractivity contribution is 5.96. The van der Waals surface area contributed by atoms with Gasteiger partial charge in [0.1, 0.15) is 13.2 Å². The van der Waals surface area contributed by atoms with Crippen molar-refractivity contribution in [3.05, 3.63) is 17.7 Å². The maximum Gasteiger partial charge on any atom is 0.254 e. The minimum Gasteiger partial charge on any atom is -0.493 e. The van der Waals surface area contributed by atoms with Gasteiger partial charge in [-0.25, -0.2) is 0 Å². The molecule has 1 aromatic rings. The number of hydrogen-bond acceptors (Lipinski definition) is 5. The Kier molecular flexibility index (Phi) is 6.11. The zero-order valence-corrected chi connectivity index (χ0v) is 17.1. The maximum atomic E-state index is 13.2. The summed E-state index contributed by atoms with van der Waals surface area (Å²) in [7, 11) is 1.55. The molecule has 1 saturated heterocycles. The molecule has 7 nitrogen and oxygen atoms in total. The summed E-state index contributed by atoms with van der Waals surface area (Å²) in [6.45, 7) is 2.01. The molecule has 2 heterocycles. The lowest BCUT2D eigenvalue weighted by molar-refractivity contribution is -0.127. The number of fused-ring (bicyclic) bond motifs is 1. The molecular weight excluding hydrogens is 372 g/mol. The molecule has 1 unspecified atom stereocenters. The Morgan fingerprint density at radius 1 is 1.07 bits per heavy atom. The minimum atomic E-state index is -0.145. The predicted molar refractivity (Wildman–Crippen MR) is 108 cm³/mol. The maximum absolute atomic E-state index is 13.2. The number of nitrogens with zero attached hydrogens (tertiary/aromatic N) is 1. The molecule has 2 amide bonds. The molecule has 29 heavy (non-hydrogen) atoms. The summed E-state index contributed by atoms with van der Waals surface area (Å²) in [6.07, 6.45) is 7.43. The van der Waals surface area contributed by atoms with Gasteiger partial charge in [-0.15, -0.1) is 0 Å². The number of piperidine rings is 1. The lowest BCUT2D eigenvalue weighted by Gasteiger charge is -2.33. The minimum absolute atomic E-state index is 0.0918. The molecule has 0 radical (unpaired) electrons. The van der Waals surface area contributed by atoms with Crippen molar-refractivity contribution in [2.24, 2.45) is 5.92 Å². The number of amides is 2. The summed E-state index contributed by atoms with van der Waals surface area (Å²) in [5, 5.41) is 3.21. The molecule has 0 bridgehead atoms. The van der Waals surface area contributed by atoms with E-state index in [0.717, 1.165) is 25.7 Å². The van der Waals surface area contributed by atoms with E-state index >= 15 is 0 Å². The van der Waals surface area contributed by atoms with Gasteiger partial charge in [-0.2, -0.15) is 0 Å². The molecule has 1 atom stereocenters. The highest BCUT2D eigenvalue weighted by Gasteiger charge is 2.31. The summed E-state index contributed by atoms with van der Waals surface area (Å²) < 4.78 is 16.7. The summed E-state index contributed by atoms with van der Waals surface area (Å²) in [5.74, 6) is 1.41. The molecule has 7 heteroatoms. The van der Waals surface area contributed by atoms with Gasteiger partial charge in [0.2, 0.25) is 11.7 Å². The van der Waals surface area contributed by atoms with Crippen LogP contribution in [-0.2, 0) is 4.79 Å². The van der Waals surface area contributed by atoms with Crippen molar-refractivity contribution in [1.82, 2.24) is 10.2 Å². The van der Waals surface area contributed by atoms with E-state index in [0.29, 0.717) is 55.2 Å². The predicted octanol–water partition coefficient (Wildman–Crippen LogP) is 2.77. The van der Waals surface area contributed by atoms with Crippen molar-refractivity contribution in [3.63, 3.8) is 0 Å². The SMILES string of the molecule is COc1cc(C(=O)N2CCCC(C(=O)NC3CCCCC3)C2)cc2c1OCCO2. The van der Waals surface area contributed by atoms with Crippen LogP contribution in [0.1, 0.15) is 55.3 Å². The fourth-order valence-electron chi connectivity index (χ4n) is 4.52. The Bertz CT molecular complexity index is 743. The van der Waals surface area contributed by atoms with Gasteiger partial charge in [0, 0.05) is 24.7 Å². The smallest absolute Gasteiger partial charge is 0.254 e. The lowest BCUT2D eigenvalue weighted by Crippen LogP contribution is -2.48. The third kappa shape index (κ3) is 4.43. The first-order chi connectivity index (χ1) is 14.2. The Balaban J connectivity index is 1.44. The van der Waals surface area contributed by atoms with Gasteiger partial charge in [0.15, 0.2) is 11.5 Å². The first-order valence-corrected chi connectivity index (χ1v) is 10.7. The van der Waals surface area contributed by atoms with Crippen LogP contribution < -0.4 is 19.5 Å². The zero-order chi connectivity index (χ0) is 20.2. The number of benzene rings is 1. The van der Waals surface area contributed by atoms with Crippen LogP contribution in [0.4, 0.5) is 0 Å². The third-order valence-electron chi connectivity index (χ3n) is 6.11. The molecular formula is C22H30N2O5. The molecule has 1 N–H and O–H groups in total. The summed E-state index contributed by atoms with van der Waals surface area (Å²) in [4.78, 5) is 27.7. The second-order valence-corrected chi connectivity index (χ2v) is 8.14. The third-order valence-corrected chi connectivity index (χ3v) is 6.11. The number of methoxy groups -OCH3 is 1. The first-order valence-electron chi connectivity index (χ1n) is 10.7. The Hall–Kier alpha value is -2.44. The number of nitrogens with one attached hydrogen (secondary N) is 1. The molecule has 158 valence electrons. The van der Waals surface area contributed by atoms with E-state index in [9.17, 15) is 9.59 Å². The highest BCUT2D eigenvalue weighted by Crippen LogP contribution is 2.40. The summed E-state index contributed by atoms with van der Waals surface area (Å²) in [5.41, 5.74) is 0.499. The number of likely N-dealkylation sites (tertiary alicyclic amines) is 1. The van der Waals surface area contributed by atoms with Crippen LogP contribution in [0.3, 0.4) is 0 Å². The topological polar surface area (TPSA) is 77.1 Å². The summed E-state index contributed by atoms with van der Waals surface area (Å²) >= 11 is 0. The molecule has 2 fully saturated rings. The van der Waals surface area contributed by atoms with Crippen molar-refractivity contribution in [2.45, 2.75) is 51.0 Å². The van der Waals surface area contributed by atoms with Crippen molar-refractivity contribution in [2.75, 3.05) is 33.4 Å². The van der Waals surface area contributed by atoms with Crippen LogP contribution in [-0.4, -0.2) is 56.2 Å². The second kappa shape index (κ2) is 8.93. The molecule has 4 rings (SSSR count). The van der Waals surface area contributed by atoms with Crippen LogP contribution in [0, 0.1) is 5.92 Å². The molecule has 1 aromatic carbocycles. The van der Waals surface area contributed by atoms with Gasteiger partial charge in [0.05, 0.1) is 13.0 Å². The average molecular weight is 402 g/mol. The quantitative estimate of drug-likeness (QED) is 0.838. The fourth-order valence-corrected chi connectivity index (χ4v) is 4.52. The van der Waals surface area contributed by atoms with Gasteiger partial charge < -0.3 is 24.4 Å². The van der Waals surface area contributed by atoms with Gasteiger partial charge >= 0.3 is 0 Å². The van der Waals surface area contributed by atoms with Crippen molar-refractivity contribution < 1.29 is 23.8 Å². The zero-order valence-electron chi connectivity index (χ0n) is 17.1. The number of ether oxygens (including phenoxy) is 3. The molecule has 1 aliphatic carbocycles. The lowest BCUT2D eigenvalue weighted by atomic mass is 9.92. The molecule has 3 aliphatic rings. The van der Waals surface area contributed by atoms with Crippen LogP contribution >= 0.6 is 0 Å². The molecule has 1 saturated carbocycles. The standard InChI is InChI=1S/C22H30N2O5/c1-27-18-12-16(13-19-20(18)29-11-10-28-19)22(26)24-9-5-6-15(14-24)21(25)23-17-7-3-2-4-8-17/h12-13,15,17H,2-11,14H2,1H3,(H,23,25). The van der Waals surface area contributed by atoms with E-state index in [-0.39, 0.29) is 17.7 Å². The van der Waals surface area contributed by atoms with Gasteiger partial charge in [-0.1, -0.05) is 19.3 Å². The van der Waals surface area contributed by atoms with Crippen LogP contribution in [0.15, 0.2) is 12.1 Å². The number of rotatable bonds is 4. The van der Waals surface area contributed by atoms with E-state index in [4.69, 9.17) is 14.2 Å². The monoisotopic (exact) mass is 402 g/mol. The summed E-state index contributed by atoms with van der Waals surface area (Å²) in [6, 6.07) is 3.71. The van der Waals surface area contributed by atoms with Gasteiger partial charge in [-0.05, 0) is 37.8 Å². The van der Waals surface area contributed by atoms with Crippen LogP contribution in [0.25, 0.3) is 0 Å². The van der Waals surface area contributed by atoms with E-state index < -0.39 is 0 Å². The Morgan fingerprint density at radius 2 is 1.86 bits per heavy atom. The van der Waals surface area contributed by atoms with Crippen molar-refractivity contribution >= 4 is 11.8 Å². The molecule has 2 aliphatic heterocycles. The van der Waals surface area contributed by atoms with E-state index in [2.05, 4.69) is 5.32 Å². The van der Waals surface area contributed by atoms with Crippen molar-refractivity contribution in [3.8, 4) is 17.2 Å². The second-order valence-electron chi connectivity index (χ2n) is 8.14. The van der Waals surface area contributed by atoms with Gasteiger partial charge in [-0.3, -0.25) is 9.59 Å². The first kappa shape index (κ1) is 19.9. The molecule has 0 aromatic heterocycles. The van der Waals surface area contributed by atoms with E-state index in [1.165, 1.54) is 19.3 Å². The Labute approximate surface area is 171 Å². The van der Waals surface area contributed by atoms with Crippen LogP contribution in [0.2, 0.25) is 0 Å². The number of carbonyl (C=O) groups excluding carboxylic acids is 2. The van der Waals surface area contributed by atoms with E-state index in [1.54, 1.807) is 24.1 Å². The largest absolute Gasteiger partial charge is 0.493 e. The van der Waals surface area contributed by atoms with Crippen LogP contribution in [0.5, 0.6) is 17.2 Å². The number of carbonyl (C=O) groups is 2. The van der Waals surface area contributed by atoms with E-state index in [1.807, 2.05) is 0 Å². The highest BCUT2D eigenvalue weighted by atomic mass is 16.6. The number of hydrogen-bond donors (Lipinski definition) is 1. The molecule has 0 spiro atoms. The fraction of sp³-hybridized carbons (Fsp3) is 0.636. The van der Waals surface area contributed by atoms with Gasteiger partial charge in [0.25, 0.3) is 5.91 Å². The van der Waals surface area contributed by atoms with Crippen molar-refractivity contribution in [1.29, 1.82) is 0 Å².